The molecule has 0 aliphatic rings. The summed E-state index contributed by atoms with van der Waals surface area (Å²) in [6.07, 6.45) is 0. The van der Waals surface area contributed by atoms with Gasteiger partial charge < -0.3 is 5.32 Å². The van der Waals surface area contributed by atoms with Crippen molar-refractivity contribution in [1.29, 1.82) is 0 Å². The van der Waals surface area contributed by atoms with E-state index in [0.29, 0.717) is 5.56 Å². The molecular weight excluding hydrogens is 290 g/mol. The Hall–Kier alpha value is -2.82. The smallest absolute Gasteiger partial charge is 0.322 e. The Morgan fingerprint density at radius 2 is 1.65 bits per heavy atom. The lowest BCUT2D eigenvalue weighted by Crippen LogP contribution is -2.19. The predicted molar refractivity (Wildman–Crippen MR) is 92.0 cm³/mol. The molecule has 0 aliphatic heterocycles. The van der Waals surface area contributed by atoms with E-state index in [1.807, 2.05) is 32.0 Å². The minimum atomic E-state index is -0.185. The van der Waals surface area contributed by atoms with Gasteiger partial charge in [-0.15, -0.1) is 0 Å². The number of rotatable bonds is 2. The molecule has 5 nitrogen and oxygen atoms in total. The highest BCUT2D eigenvalue weighted by Gasteiger charge is 2.12. The van der Waals surface area contributed by atoms with E-state index in [2.05, 4.69) is 5.32 Å². The molecule has 3 rings (SSSR count). The molecule has 3 aromatic rings. The highest BCUT2D eigenvalue weighted by atomic mass is 16.2. The summed E-state index contributed by atoms with van der Waals surface area (Å²) in [7, 11) is 3.43. The molecular formula is C18H19N3O2. The van der Waals surface area contributed by atoms with Gasteiger partial charge in [0.15, 0.2) is 0 Å². The minimum absolute atomic E-state index is 0.105. The number of amides is 1. The van der Waals surface area contributed by atoms with E-state index >= 15 is 0 Å². The lowest BCUT2D eigenvalue weighted by atomic mass is 10.1. The van der Waals surface area contributed by atoms with Crippen molar-refractivity contribution in [2.24, 2.45) is 14.1 Å². The van der Waals surface area contributed by atoms with Crippen LogP contribution in [-0.4, -0.2) is 15.0 Å². The van der Waals surface area contributed by atoms with Crippen molar-refractivity contribution in [1.82, 2.24) is 9.13 Å². The third-order valence-corrected chi connectivity index (χ3v) is 4.16. The molecule has 0 atom stereocenters. The van der Waals surface area contributed by atoms with Crippen molar-refractivity contribution in [3.05, 3.63) is 63.6 Å². The predicted octanol–water partition coefficient (Wildman–Crippen LogP) is 2.75. The zero-order valence-electron chi connectivity index (χ0n) is 13.7. The Kier molecular flexibility index (Phi) is 3.56. The van der Waals surface area contributed by atoms with Crippen LogP contribution in [0.25, 0.3) is 11.0 Å². The van der Waals surface area contributed by atoms with Crippen molar-refractivity contribution < 1.29 is 4.79 Å². The number of nitrogens with one attached hydrogen (secondary N) is 1. The summed E-state index contributed by atoms with van der Waals surface area (Å²) in [5, 5.41) is 2.93. The molecule has 0 radical (unpaired) electrons. The lowest BCUT2D eigenvalue weighted by molar-refractivity contribution is 0.102. The Labute approximate surface area is 134 Å². The molecule has 1 amide bonds. The number of anilines is 1. The highest BCUT2D eigenvalue weighted by molar-refractivity contribution is 6.06. The monoisotopic (exact) mass is 309 g/mol. The fourth-order valence-electron chi connectivity index (χ4n) is 2.80. The average Bonchev–Trinajstić information content (AvgIpc) is 2.74. The van der Waals surface area contributed by atoms with Gasteiger partial charge in [-0.2, -0.15) is 0 Å². The molecule has 0 aliphatic carbocycles. The van der Waals surface area contributed by atoms with Gasteiger partial charge in [0.1, 0.15) is 0 Å². The summed E-state index contributed by atoms with van der Waals surface area (Å²) in [4.78, 5) is 24.5. The van der Waals surface area contributed by atoms with E-state index in [1.165, 1.54) is 0 Å². The van der Waals surface area contributed by atoms with Crippen LogP contribution in [0, 0.1) is 13.8 Å². The number of hydrogen-bond donors (Lipinski definition) is 1. The number of imidazole rings is 1. The van der Waals surface area contributed by atoms with Gasteiger partial charge in [-0.1, -0.05) is 17.7 Å². The van der Waals surface area contributed by atoms with E-state index in [1.54, 1.807) is 41.4 Å². The quantitative estimate of drug-likeness (QED) is 0.791. The number of fused-ring (bicyclic) bond motifs is 1. The molecule has 0 spiro atoms. The Morgan fingerprint density at radius 3 is 2.35 bits per heavy atom. The number of aryl methyl sites for hydroxylation is 4. The first-order valence-electron chi connectivity index (χ1n) is 7.42. The maximum Gasteiger partial charge on any atom is 0.328 e. The van der Waals surface area contributed by atoms with Crippen molar-refractivity contribution in [2.75, 3.05) is 5.32 Å². The normalized spacial score (nSPS) is 11.0. The Morgan fingerprint density at radius 1 is 0.957 bits per heavy atom. The van der Waals surface area contributed by atoms with Gasteiger partial charge in [0.05, 0.1) is 11.0 Å². The fourth-order valence-corrected chi connectivity index (χ4v) is 2.80. The number of nitrogens with zero attached hydrogens (tertiary/aromatic N) is 2. The molecule has 0 saturated carbocycles. The van der Waals surface area contributed by atoms with Gasteiger partial charge >= 0.3 is 5.69 Å². The van der Waals surface area contributed by atoms with Gasteiger partial charge in [-0.25, -0.2) is 4.79 Å². The van der Waals surface area contributed by atoms with E-state index < -0.39 is 0 Å². The summed E-state index contributed by atoms with van der Waals surface area (Å²) in [5.74, 6) is -0.185. The average molecular weight is 309 g/mol. The topological polar surface area (TPSA) is 56.0 Å². The summed E-state index contributed by atoms with van der Waals surface area (Å²) in [6, 6.07) is 11.2. The maximum atomic E-state index is 12.5. The van der Waals surface area contributed by atoms with E-state index in [0.717, 1.165) is 27.8 Å². The van der Waals surface area contributed by atoms with Crippen LogP contribution < -0.4 is 11.0 Å². The van der Waals surface area contributed by atoms with Gasteiger partial charge in [0, 0.05) is 25.3 Å². The molecule has 2 aromatic carbocycles. The highest BCUT2D eigenvalue weighted by Crippen LogP contribution is 2.19. The maximum absolute atomic E-state index is 12.5. The van der Waals surface area contributed by atoms with Crippen molar-refractivity contribution in [3.63, 3.8) is 0 Å². The van der Waals surface area contributed by atoms with Gasteiger partial charge in [0.25, 0.3) is 5.91 Å². The van der Waals surface area contributed by atoms with Gasteiger partial charge in [0.2, 0.25) is 0 Å². The molecule has 0 unspecified atom stereocenters. The van der Waals surface area contributed by atoms with Gasteiger partial charge in [-0.05, 0) is 43.7 Å². The zero-order chi connectivity index (χ0) is 16.7. The summed E-state index contributed by atoms with van der Waals surface area (Å²) in [5.41, 5.74) is 4.94. The van der Waals surface area contributed by atoms with Crippen LogP contribution in [0.15, 0.2) is 41.2 Å². The summed E-state index contributed by atoms with van der Waals surface area (Å²) >= 11 is 0. The summed E-state index contributed by atoms with van der Waals surface area (Å²) in [6.45, 7) is 3.98. The molecule has 1 N–H and O–H groups in total. The first-order chi connectivity index (χ1) is 10.9. The third-order valence-electron chi connectivity index (χ3n) is 4.16. The van der Waals surface area contributed by atoms with E-state index in [-0.39, 0.29) is 11.6 Å². The van der Waals surface area contributed by atoms with Crippen LogP contribution in [0.1, 0.15) is 21.5 Å². The summed E-state index contributed by atoms with van der Waals surface area (Å²) < 4.78 is 3.12. The van der Waals surface area contributed by atoms with Crippen LogP contribution in [0.4, 0.5) is 5.69 Å². The second kappa shape index (κ2) is 5.43. The fraction of sp³-hybridized carbons (Fsp3) is 0.222. The van der Waals surface area contributed by atoms with Crippen LogP contribution in [0.3, 0.4) is 0 Å². The second-order valence-electron chi connectivity index (χ2n) is 5.88. The molecule has 23 heavy (non-hydrogen) atoms. The number of aromatic nitrogens is 2. The first-order valence-corrected chi connectivity index (χ1v) is 7.42. The first kappa shape index (κ1) is 15.1. The number of hydrogen-bond acceptors (Lipinski definition) is 2. The van der Waals surface area contributed by atoms with Crippen molar-refractivity contribution in [3.8, 4) is 0 Å². The van der Waals surface area contributed by atoms with Crippen LogP contribution >= 0.6 is 0 Å². The van der Waals surface area contributed by atoms with E-state index in [9.17, 15) is 9.59 Å². The van der Waals surface area contributed by atoms with Gasteiger partial charge in [-0.3, -0.25) is 13.9 Å². The number of carbonyl (C=O) groups is 1. The second-order valence-corrected chi connectivity index (χ2v) is 5.88. The third kappa shape index (κ3) is 2.54. The number of carbonyl (C=O) groups excluding carboxylic acids is 1. The van der Waals surface area contributed by atoms with Crippen molar-refractivity contribution >= 4 is 22.6 Å². The standard InChI is InChI=1S/C18H19N3O2/c1-11-5-7-14(12(2)9-11)19-17(22)13-6-8-15-16(10-13)21(4)18(23)20(15)3/h5-10H,1-4H3,(H,19,22). The largest absolute Gasteiger partial charge is 0.328 e. The Bertz CT molecular complexity index is 980. The van der Waals surface area contributed by atoms with Crippen molar-refractivity contribution in [2.45, 2.75) is 13.8 Å². The molecule has 0 saturated heterocycles. The minimum Gasteiger partial charge on any atom is -0.322 e. The molecule has 118 valence electrons. The molecule has 1 heterocycles. The molecule has 1 aromatic heterocycles. The zero-order valence-corrected chi connectivity index (χ0v) is 13.7. The van der Waals surface area contributed by atoms with Crippen LogP contribution in [0.2, 0.25) is 0 Å². The SMILES string of the molecule is Cc1ccc(NC(=O)c2ccc3c(c2)n(C)c(=O)n3C)c(C)c1. The van der Waals surface area contributed by atoms with E-state index in [4.69, 9.17) is 0 Å². The molecule has 0 fully saturated rings. The Balaban J connectivity index is 1.98. The van der Waals surface area contributed by atoms with Crippen LogP contribution in [-0.2, 0) is 14.1 Å². The van der Waals surface area contributed by atoms with Crippen LogP contribution in [0.5, 0.6) is 0 Å². The molecule has 0 bridgehead atoms. The number of benzene rings is 2. The molecule has 5 heteroatoms. The lowest BCUT2D eigenvalue weighted by Gasteiger charge is -2.09.